The first-order valence-corrected chi connectivity index (χ1v) is 7.46. The Morgan fingerprint density at radius 3 is 2.50 bits per heavy atom. The summed E-state index contributed by atoms with van der Waals surface area (Å²) >= 11 is 0. The molecule has 1 aromatic carbocycles. The van der Waals surface area contributed by atoms with Crippen LogP contribution in [0.4, 0.5) is 0 Å². The zero-order chi connectivity index (χ0) is 12.8. The van der Waals surface area contributed by atoms with Crippen LogP contribution in [-0.4, -0.2) is 11.7 Å². The smallest absolute Gasteiger partial charge is 0.0465 e. The molecule has 0 amide bonds. The van der Waals surface area contributed by atoms with E-state index in [1.807, 2.05) is 0 Å². The number of benzene rings is 1. The van der Waals surface area contributed by atoms with E-state index in [1.54, 1.807) is 0 Å². The van der Waals surface area contributed by atoms with Gasteiger partial charge in [0.1, 0.15) is 0 Å². The highest BCUT2D eigenvalue weighted by molar-refractivity contribution is 5.22. The second kappa shape index (κ2) is 6.94. The Balaban J connectivity index is 1.99. The molecule has 0 heterocycles. The highest BCUT2D eigenvalue weighted by Crippen LogP contribution is 2.30. The summed E-state index contributed by atoms with van der Waals surface area (Å²) in [6.45, 7) is 2.49. The van der Waals surface area contributed by atoms with E-state index in [9.17, 15) is 5.11 Å². The number of aliphatic hydroxyl groups is 1. The van der Waals surface area contributed by atoms with Gasteiger partial charge in [0.25, 0.3) is 0 Å². The van der Waals surface area contributed by atoms with E-state index in [1.165, 1.54) is 49.7 Å². The zero-order valence-electron chi connectivity index (χ0n) is 11.6. The molecule has 0 radical (unpaired) electrons. The summed E-state index contributed by atoms with van der Waals surface area (Å²) in [5, 5.41) is 9.70. The van der Waals surface area contributed by atoms with Crippen molar-refractivity contribution >= 4 is 0 Å². The van der Waals surface area contributed by atoms with Crippen LogP contribution >= 0.6 is 0 Å². The van der Waals surface area contributed by atoms with Crippen LogP contribution in [0.15, 0.2) is 24.3 Å². The predicted octanol–water partition coefficient (Wildman–Crippen LogP) is 4.12. The van der Waals surface area contributed by atoms with Crippen LogP contribution in [0.5, 0.6) is 0 Å². The van der Waals surface area contributed by atoms with E-state index < -0.39 is 0 Å². The van der Waals surface area contributed by atoms with E-state index in [0.717, 1.165) is 12.3 Å². The third kappa shape index (κ3) is 3.84. The van der Waals surface area contributed by atoms with Gasteiger partial charge in [0.15, 0.2) is 0 Å². The molecule has 0 spiro atoms. The van der Waals surface area contributed by atoms with Crippen molar-refractivity contribution < 1.29 is 5.11 Å². The van der Waals surface area contributed by atoms with Gasteiger partial charge in [-0.05, 0) is 30.7 Å². The molecule has 0 aromatic heterocycles. The highest BCUT2D eigenvalue weighted by atomic mass is 16.3. The lowest BCUT2D eigenvalue weighted by molar-refractivity contribution is 0.163. The monoisotopic (exact) mass is 246 g/mol. The molecule has 18 heavy (non-hydrogen) atoms. The minimum absolute atomic E-state index is 0.346. The van der Waals surface area contributed by atoms with Crippen LogP contribution in [0, 0.1) is 18.8 Å². The Kier molecular flexibility index (Phi) is 5.25. The van der Waals surface area contributed by atoms with E-state index in [-0.39, 0.29) is 0 Å². The lowest BCUT2D eigenvalue weighted by Gasteiger charge is -2.24. The van der Waals surface area contributed by atoms with Crippen molar-refractivity contribution in [3.63, 3.8) is 0 Å². The fourth-order valence-corrected chi connectivity index (χ4v) is 3.30. The molecule has 0 bridgehead atoms. The van der Waals surface area contributed by atoms with Crippen LogP contribution in [0.2, 0.25) is 0 Å². The van der Waals surface area contributed by atoms with Crippen molar-refractivity contribution in [1.29, 1.82) is 0 Å². The van der Waals surface area contributed by atoms with Crippen molar-refractivity contribution in [2.24, 2.45) is 11.8 Å². The van der Waals surface area contributed by atoms with Crippen LogP contribution in [-0.2, 0) is 6.42 Å². The molecule has 1 aliphatic carbocycles. The molecule has 1 unspecified atom stereocenters. The number of rotatable bonds is 4. The first kappa shape index (κ1) is 13.6. The molecule has 1 heteroatoms. The molecular weight excluding hydrogens is 220 g/mol. The van der Waals surface area contributed by atoms with Gasteiger partial charge in [-0.1, -0.05) is 68.4 Å². The summed E-state index contributed by atoms with van der Waals surface area (Å²) in [4.78, 5) is 0. The van der Waals surface area contributed by atoms with Crippen LogP contribution in [0.3, 0.4) is 0 Å². The van der Waals surface area contributed by atoms with Gasteiger partial charge in [-0.3, -0.25) is 0 Å². The van der Waals surface area contributed by atoms with Gasteiger partial charge in [0, 0.05) is 6.61 Å². The van der Waals surface area contributed by atoms with Gasteiger partial charge in [0.2, 0.25) is 0 Å². The first-order valence-electron chi connectivity index (χ1n) is 7.46. The zero-order valence-corrected chi connectivity index (χ0v) is 11.6. The lowest BCUT2D eigenvalue weighted by Crippen LogP contribution is -2.20. The third-order valence-electron chi connectivity index (χ3n) is 4.38. The van der Waals surface area contributed by atoms with Crippen molar-refractivity contribution in [3.05, 3.63) is 35.4 Å². The summed E-state index contributed by atoms with van der Waals surface area (Å²) < 4.78 is 0. The Bertz CT molecular complexity index is 350. The van der Waals surface area contributed by atoms with Gasteiger partial charge in [0.05, 0.1) is 0 Å². The van der Waals surface area contributed by atoms with Gasteiger partial charge < -0.3 is 5.11 Å². The van der Waals surface area contributed by atoms with Gasteiger partial charge >= 0.3 is 0 Å². The molecule has 1 N–H and O–H groups in total. The van der Waals surface area contributed by atoms with Crippen LogP contribution in [0.25, 0.3) is 0 Å². The molecule has 0 aliphatic heterocycles. The van der Waals surface area contributed by atoms with Crippen LogP contribution in [0.1, 0.15) is 49.7 Å². The molecule has 1 aliphatic rings. The number of hydrogen-bond donors (Lipinski definition) is 1. The van der Waals surface area contributed by atoms with Crippen molar-refractivity contribution in [3.8, 4) is 0 Å². The molecule has 2 rings (SSSR count). The quantitative estimate of drug-likeness (QED) is 0.792. The van der Waals surface area contributed by atoms with Crippen LogP contribution < -0.4 is 0 Å². The molecule has 100 valence electrons. The minimum Gasteiger partial charge on any atom is -0.396 e. The Hall–Kier alpha value is -0.820. The molecule has 1 aromatic rings. The fraction of sp³-hybridized carbons (Fsp3) is 0.647. The summed E-state index contributed by atoms with van der Waals surface area (Å²) in [6.07, 6.45) is 9.17. The molecular formula is C17H26O. The van der Waals surface area contributed by atoms with Crippen molar-refractivity contribution in [1.82, 2.24) is 0 Å². The summed E-state index contributed by atoms with van der Waals surface area (Å²) in [5.74, 6) is 1.20. The third-order valence-corrected chi connectivity index (χ3v) is 4.38. The maximum Gasteiger partial charge on any atom is 0.0465 e. The van der Waals surface area contributed by atoms with Crippen molar-refractivity contribution in [2.75, 3.05) is 6.61 Å². The molecule has 1 saturated carbocycles. The second-order valence-electron chi connectivity index (χ2n) is 5.89. The summed E-state index contributed by atoms with van der Waals surface area (Å²) in [6, 6.07) is 8.74. The Labute approximate surface area is 111 Å². The maximum absolute atomic E-state index is 9.70. The highest BCUT2D eigenvalue weighted by Gasteiger charge is 2.22. The van der Waals surface area contributed by atoms with E-state index >= 15 is 0 Å². The lowest BCUT2D eigenvalue weighted by atomic mass is 9.82. The SMILES string of the molecule is Cc1cccc(CC(CO)C2CCCCCC2)c1. The van der Waals surface area contributed by atoms with E-state index in [0.29, 0.717) is 12.5 Å². The van der Waals surface area contributed by atoms with Gasteiger partial charge in [-0.2, -0.15) is 0 Å². The topological polar surface area (TPSA) is 20.2 Å². The molecule has 1 atom stereocenters. The summed E-state index contributed by atoms with van der Waals surface area (Å²) in [5.41, 5.74) is 2.71. The minimum atomic E-state index is 0.346. The Morgan fingerprint density at radius 1 is 1.17 bits per heavy atom. The standard InChI is InChI=1S/C17H26O/c1-14-7-6-8-15(11-14)12-17(13-18)16-9-4-2-3-5-10-16/h6-8,11,16-18H,2-5,9-10,12-13H2,1H3. The average molecular weight is 246 g/mol. The predicted molar refractivity (Wildman–Crippen MR) is 76.7 cm³/mol. The number of aliphatic hydroxyl groups excluding tert-OH is 1. The molecule has 1 nitrogen and oxygen atoms in total. The number of hydrogen-bond acceptors (Lipinski definition) is 1. The van der Waals surface area contributed by atoms with E-state index in [2.05, 4.69) is 31.2 Å². The number of aryl methyl sites for hydroxylation is 1. The first-order chi connectivity index (χ1) is 8.79. The average Bonchev–Trinajstić information content (AvgIpc) is 2.65. The summed E-state index contributed by atoms with van der Waals surface area (Å²) in [7, 11) is 0. The van der Waals surface area contributed by atoms with Crippen molar-refractivity contribution in [2.45, 2.75) is 51.9 Å². The largest absolute Gasteiger partial charge is 0.396 e. The Morgan fingerprint density at radius 2 is 1.89 bits per heavy atom. The molecule has 1 fully saturated rings. The van der Waals surface area contributed by atoms with Gasteiger partial charge in [-0.25, -0.2) is 0 Å². The second-order valence-corrected chi connectivity index (χ2v) is 5.89. The normalized spacial score (nSPS) is 19.4. The van der Waals surface area contributed by atoms with E-state index in [4.69, 9.17) is 0 Å². The van der Waals surface area contributed by atoms with Gasteiger partial charge in [-0.15, -0.1) is 0 Å². The molecule has 0 saturated heterocycles. The maximum atomic E-state index is 9.70. The fourth-order valence-electron chi connectivity index (χ4n) is 3.30.